The van der Waals surface area contributed by atoms with Crippen molar-refractivity contribution >= 4 is 16.8 Å². The second-order valence-electron chi connectivity index (χ2n) is 7.47. The molecule has 6 nitrogen and oxygen atoms in total. The number of amides is 1. The lowest BCUT2D eigenvalue weighted by Gasteiger charge is -2.25. The number of aromatic amines is 1. The van der Waals surface area contributed by atoms with Crippen LogP contribution in [0.15, 0.2) is 42.7 Å². The first-order chi connectivity index (χ1) is 13.6. The Hall–Kier alpha value is -2.86. The van der Waals surface area contributed by atoms with E-state index >= 15 is 0 Å². The predicted octanol–water partition coefficient (Wildman–Crippen LogP) is 3.16. The van der Waals surface area contributed by atoms with Crippen LogP contribution in [0.1, 0.15) is 29.7 Å². The number of carbonyl (C=O) groups is 1. The number of pyridine rings is 1. The van der Waals surface area contributed by atoms with Crippen LogP contribution in [0.4, 0.5) is 0 Å². The topological polar surface area (TPSA) is 70.2 Å². The van der Waals surface area contributed by atoms with Crippen molar-refractivity contribution < 1.29 is 9.53 Å². The highest BCUT2D eigenvalue weighted by Crippen LogP contribution is 2.27. The number of ether oxygens (including phenoxy) is 1. The van der Waals surface area contributed by atoms with Crippen molar-refractivity contribution in [1.82, 2.24) is 20.2 Å². The van der Waals surface area contributed by atoms with Gasteiger partial charge in [0.05, 0.1) is 7.11 Å². The molecule has 2 aromatic heterocycles. The minimum absolute atomic E-state index is 0.155. The Morgan fingerprint density at radius 3 is 2.75 bits per heavy atom. The molecule has 1 atom stereocenters. The van der Waals surface area contributed by atoms with Crippen LogP contribution in [0.3, 0.4) is 0 Å². The zero-order valence-corrected chi connectivity index (χ0v) is 16.4. The van der Waals surface area contributed by atoms with Crippen molar-refractivity contribution in [2.75, 3.05) is 13.7 Å². The summed E-state index contributed by atoms with van der Waals surface area (Å²) in [6.07, 6.45) is 5.17. The van der Waals surface area contributed by atoms with E-state index in [1.165, 1.54) is 22.2 Å². The molecule has 0 saturated carbocycles. The molecule has 1 saturated heterocycles. The Morgan fingerprint density at radius 2 is 2.04 bits per heavy atom. The maximum atomic E-state index is 11.6. The molecule has 1 fully saturated rings. The molecule has 146 valence electrons. The summed E-state index contributed by atoms with van der Waals surface area (Å²) in [5.74, 6) is 1.02. The first-order valence-corrected chi connectivity index (χ1v) is 9.68. The smallest absolute Gasteiger partial charge is 0.220 e. The van der Waals surface area contributed by atoms with E-state index in [0.717, 1.165) is 37.3 Å². The van der Waals surface area contributed by atoms with Gasteiger partial charge in [0.25, 0.3) is 0 Å². The van der Waals surface area contributed by atoms with Gasteiger partial charge >= 0.3 is 0 Å². The zero-order valence-electron chi connectivity index (χ0n) is 16.4. The van der Waals surface area contributed by atoms with Crippen LogP contribution in [-0.2, 0) is 17.9 Å². The van der Waals surface area contributed by atoms with E-state index < -0.39 is 0 Å². The molecule has 1 aliphatic rings. The summed E-state index contributed by atoms with van der Waals surface area (Å²) >= 11 is 0. The average Bonchev–Trinajstić information content (AvgIpc) is 3.25. The van der Waals surface area contributed by atoms with Gasteiger partial charge in [0.15, 0.2) is 0 Å². The second-order valence-corrected chi connectivity index (χ2v) is 7.47. The molecule has 3 aromatic rings. The third kappa shape index (κ3) is 4.02. The molecule has 3 heterocycles. The van der Waals surface area contributed by atoms with Gasteiger partial charge in [-0.2, -0.15) is 0 Å². The maximum absolute atomic E-state index is 11.6. The Kier molecular flexibility index (Phi) is 5.30. The largest absolute Gasteiger partial charge is 0.497 e. The van der Waals surface area contributed by atoms with Crippen molar-refractivity contribution in [3.63, 3.8) is 0 Å². The summed E-state index contributed by atoms with van der Waals surface area (Å²) in [6.45, 7) is 4.58. The minimum Gasteiger partial charge on any atom is -0.497 e. The number of aromatic nitrogens is 2. The van der Waals surface area contributed by atoms with Crippen LogP contribution in [0.25, 0.3) is 10.9 Å². The second kappa shape index (κ2) is 8.02. The number of benzene rings is 1. The van der Waals surface area contributed by atoms with Crippen LogP contribution in [0, 0.1) is 6.92 Å². The highest BCUT2D eigenvalue weighted by atomic mass is 16.5. The van der Waals surface area contributed by atoms with Gasteiger partial charge < -0.3 is 15.0 Å². The van der Waals surface area contributed by atoms with E-state index in [9.17, 15) is 4.79 Å². The molecule has 6 heteroatoms. The fourth-order valence-corrected chi connectivity index (χ4v) is 3.93. The molecule has 0 bridgehead atoms. The summed E-state index contributed by atoms with van der Waals surface area (Å²) in [5, 5.41) is 4.28. The maximum Gasteiger partial charge on any atom is 0.220 e. The molecule has 0 unspecified atom stereocenters. The number of nitrogens with zero attached hydrogens (tertiary/aromatic N) is 2. The van der Waals surface area contributed by atoms with E-state index in [1.54, 1.807) is 7.11 Å². The van der Waals surface area contributed by atoms with Gasteiger partial charge in [0.2, 0.25) is 5.91 Å². The quantitative estimate of drug-likeness (QED) is 0.663. The summed E-state index contributed by atoms with van der Waals surface area (Å²) in [6, 6.07) is 10.4. The lowest BCUT2D eigenvalue weighted by Crippen LogP contribution is -2.38. The molecular formula is C22H26N4O2. The highest BCUT2D eigenvalue weighted by Gasteiger charge is 2.24. The number of methoxy groups -OCH3 is 1. The summed E-state index contributed by atoms with van der Waals surface area (Å²) < 4.78 is 5.37. The van der Waals surface area contributed by atoms with Crippen molar-refractivity contribution in [2.24, 2.45) is 0 Å². The molecule has 1 amide bonds. The normalized spacial score (nSPS) is 16.7. The van der Waals surface area contributed by atoms with E-state index in [-0.39, 0.29) is 11.9 Å². The predicted molar refractivity (Wildman–Crippen MR) is 109 cm³/mol. The van der Waals surface area contributed by atoms with Gasteiger partial charge in [-0.05, 0) is 54.8 Å². The molecule has 1 aromatic carbocycles. The highest BCUT2D eigenvalue weighted by molar-refractivity contribution is 5.85. The zero-order chi connectivity index (χ0) is 19.5. The van der Waals surface area contributed by atoms with Gasteiger partial charge in [-0.1, -0.05) is 0 Å². The third-order valence-electron chi connectivity index (χ3n) is 5.47. The van der Waals surface area contributed by atoms with Crippen molar-refractivity contribution in [2.45, 2.75) is 38.9 Å². The van der Waals surface area contributed by atoms with E-state index in [2.05, 4.69) is 39.2 Å². The number of carbonyl (C=O) groups excluding carboxylic acids is 1. The van der Waals surface area contributed by atoms with Crippen molar-refractivity contribution in [3.05, 3.63) is 59.5 Å². The van der Waals surface area contributed by atoms with Crippen LogP contribution in [0.2, 0.25) is 0 Å². The van der Waals surface area contributed by atoms with Crippen molar-refractivity contribution in [1.29, 1.82) is 0 Å². The van der Waals surface area contributed by atoms with Gasteiger partial charge in [-0.3, -0.25) is 14.7 Å². The van der Waals surface area contributed by atoms with Crippen LogP contribution in [-0.4, -0.2) is 40.5 Å². The van der Waals surface area contributed by atoms with Gasteiger partial charge in [0.1, 0.15) is 5.75 Å². The van der Waals surface area contributed by atoms with E-state index in [4.69, 9.17) is 4.74 Å². The first-order valence-electron chi connectivity index (χ1n) is 9.68. The van der Waals surface area contributed by atoms with E-state index in [1.807, 2.05) is 30.6 Å². The lowest BCUT2D eigenvalue weighted by molar-refractivity contribution is -0.119. The standard InChI is InChI=1S/C22H26N4O2/c1-15-19-11-18(28-2)4-5-20(19)25-21(15)14-26(12-16-7-9-23-10-8-16)13-17-3-6-22(27)24-17/h4-5,7-11,17,25H,3,6,12-14H2,1-2H3,(H,24,27)/t17-/m0/s1. The summed E-state index contributed by atoms with van der Waals surface area (Å²) in [5.41, 5.74) is 4.77. The number of nitrogens with one attached hydrogen (secondary N) is 2. The fraction of sp³-hybridized carbons (Fsp3) is 0.364. The molecule has 0 aliphatic carbocycles. The van der Waals surface area contributed by atoms with Gasteiger partial charge in [0, 0.05) is 61.1 Å². The molecule has 1 aliphatic heterocycles. The number of hydrogen-bond donors (Lipinski definition) is 2. The van der Waals surface area contributed by atoms with Gasteiger partial charge in [-0.25, -0.2) is 0 Å². The lowest BCUT2D eigenvalue weighted by atomic mass is 10.1. The Labute approximate surface area is 164 Å². The molecule has 0 radical (unpaired) electrons. The Bertz CT molecular complexity index is 967. The van der Waals surface area contributed by atoms with E-state index in [0.29, 0.717) is 6.42 Å². The number of rotatable bonds is 7. The Balaban J connectivity index is 1.58. The molecule has 28 heavy (non-hydrogen) atoms. The first kappa shape index (κ1) is 18.5. The number of hydrogen-bond acceptors (Lipinski definition) is 4. The monoisotopic (exact) mass is 378 g/mol. The average molecular weight is 378 g/mol. The van der Waals surface area contributed by atoms with Gasteiger partial charge in [-0.15, -0.1) is 0 Å². The van der Waals surface area contributed by atoms with Crippen LogP contribution >= 0.6 is 0 Å². The SMILES string of the molecule is COc1ccc2[nH]c(CN(Cc3ccncc3)C[C@@H]3CCC(=O)N3)c(C)c2c1. The molecule has 4 rings (SSSR count). The number of aryl methyl sites for hydroxylation is 1. The molecular weight excluding hydrogens is 352 g/mol. The minimum atomic E-state index is 0.155. The number of fused-ring (bicyclic) bond motifs is 1. The number of H-pyrrole nitrogens is 1. The van der Waals surface area contributed by atoms with Crippen molar-refractivity contribution in [3.8, 4) is 5.75 Å². The summed E-state index contributed by atoms with van der Waals surface area (Å²) in [7, 11) is 1.69. The third-order valence-corrected chi connectivity index (χ3v) is 5.47. The van der Waals surface area contributed by atoms with Crippen LogP contribution < -0.4 is 10.1 Å². The molecule has 2 N–H and O–H groups in total. The van der Waals surface area contributed by atoms with Crippen LogP contribution in [0.5, 0.6) is 5.75 Å². The summed E-state index contributed by atoms with van der Waals surface area (Å²) in [4.78, 5) is 21.7. The fourth-order valence-electron chi connectivity index (χ4n) is 3.93. The Morgan fingerprint density at radius 1 is 1.21 bits per heavy atom. The molecule has 0 spiro atoms.